The van der Waals surface area contributed by atoms with Crippen molar-refractivity contribution < 1.29 is 0 Å². The molecule has 0 atom stereocenters. The molecule has 1 rings (SSSR count). The predicted octanol–water partition coefficient (Wildman–Crippen LogP) is 2.02. The van der Waals surface area contributed by atoms with E-state index in [-0.39, 0.29) is 24.8 Å². The van der Waals surface area contributed by atoms with Crippen molar-refractivity contribution in [1.29, 1.82) is 0 Å². The van der Waals surface area contributed by atoms with Crippen LogP contribution in [0.3, 0.4) is 0 Å². The predicted molar refractivity (Wildman–Crippen MR) is 45.1 cm³/mol. The summed E-state index contributed by atoms with van der Waals surface area (Å²) in [5, 5.41) is 2.92. The van der Waals surface area contributed by atoms with Crippen LogP contribution in [0.25, 0.3) is 0 Å². The minimum absolute atomic E-state index is 0. The first-order valence-electron chi connectivity index (χ1n) is 2.24. The molecule has 0 aromatic heterocycles. The molecule has 0 fully saturated rings. The Morgan fingerprint density at radius 2 is 1.11 bits per heavy atom. The van der Waals surface area contributed by atoms with Crippen molar-refractivity contribution in [3.8, 4) is 0 Å². The van der Waals surface area contributed by atoms with Crippen LogP contribution in [0.15, 0.2) is 36.7 Å². The van der Waals surface area contributed by atoms with Crippen molar-refractivity contribution in [2.75, 3.05) is 0 Å². The van der Waals surface area contributed by atoms with Gasteiger partial charge in [0.2, 0.25) is 0 Å². The van der Waals surface area contributed by atoms with E-state index in [1.54, 1.807) is 0 Å². The number of rotatable bonds is 0. The molecule has 9 heavy (non-hydrogen) atoms. The summed E-state index contributed by atoms with van der Waals surface area (Å²) in [6.07, 6.45) is 11.6. The molecule has 52 valence electrons. The summed E-state index contributed by atoms with van der Waals surface area (Å²) in [6, 6.07) is 0. The normalized spacial score (nSPS) is 12.4. The lowest BCUT2D eigenvalue weighted by Gasteiger charge is -1.79. The average Bonchev–Trinajstić information content (AvgIpc) is 1.90. The van der Waals surface area contributed by atoms with E-state index in [4.69, 9.17) is 0 Å². The number of allylic oxidation sites excluding steroid dienone is 4. The molecule has 0 saturated carbocycles. The van der Waals surface area contributed by atoms with Gasteiger partial charge in [-0.2, -0.15) is 0 Å². The molecule has 0 saturated heterocycles. The SMILES string of the molecule is C1=CC=CNC=C1.Cl.Cl. The topological polar surface area (TPSA) is 12.0 Å². The molecule has 1 nitrogen and oxygen atoms in total. The lowest BCUT2D eigenvalue weighted by molar-refractivity contribution is 1.20. The second-order valence-corrected chi connectivity index (χ2v) is 1.27. The number of halogens is 2. The van der Waals surface area contributed by atoms with Gasteiger partial charge >= 0.3 is 0 Å². The maximum Gasteiger partial charge on any atom is 0.000442 e. The van der Waals surface area contributed by atoms with Gasteiger partial charge in [-0.25, -0.2) is 0 Å². The molecule has 0 bridgehead atoms. The zero-order valence-corrected chi connectivity index (χ0v) is 6.41. The maximum absolute atomic E-state index is 2.92. The van der Waals surface area contributed by atoms with E-state index in [1.165, 1.54) is 0 Å². The summed E-state index contributed by atoms with van der Waals surface area (Å²) in [5.74, 6) is 0. The van der Waals surface area contributed by atoms with Gasteiger partial charge in [0.15, 0.2) is 0 Å². The van der Waals surface area contributed by atoms with Crippen LogP contribution in [-0.4, -0.2) is 0 Å². The van der Waals surface area contributed by atoms with Crippen LogP contribution in [0.2, 0.25) is 0 Å². The number of nitrogens with one attached hydrogen (secondary N) is 1. The van der Waals surface area contributed by atoms with Crippen LogP contribution in [0.1, 0.15) is 0 Å². The molecular formula is C6H9Cl2N. The Labute approximate surface area is 67.3 Å². The van der Waals surface area contributed by atoms with Crippen LogP contribution in [0, 0.1) is 0 Å². The van der Waals surface area contributed by atoms with E-state index in [9.17, 15) is 0 Å². The number of hydrogen-bond donors (Lipinski definition) is 1. The molecule has 1 aliphatic heterocycles. The summed E-state index contributed by atoms with van der Waals surface area (Å²) < 4.78 is 0. The van der Waals surface area contributed by atoms with Crippen molar-refractivity contribution >= 4 is 24.8 Å². The zero-order valence-electron chi connectivity index (χ0n) is 4.78. The van der Waals surface area contributed by atoms with Gasteiger partial charge in [-0.1, -0.05) is 12.2 Å². The summed E-state index contributed by atoms with van der Waals surface area (Å²) >= 11 is 0. The van der Waals surface area contributed by atoms with Gasteiger partial charge in [0.05, 0.1) is 0 Å². The van der Waals surface area contributed by atoms with E-state index in [2.05, 4.69) is 5.32 Å². The quantitative estimate of drug-likeness (QED) is 0.580. The first kappa shape index (κ1) is 11.4. The van der Waals surface area contributed by atoms with Gasteiger partial charge < -0.3 is 5.32 Å². The van der Waals surface area contributed by atoms with E-state index < -0.39 is 0 Å². The maximum atomic E-state index is 2.92. The molecule has 0 radical (unpaired) electrons. The van der Waals surface area contributed by atoms with Crippen LogP contribution < -0.4 is 5.32 Å². The van der Waals surface area contributed by atoms with Crippen molar-refractivity contribution in [3.05, 3.63) is 36.7 Å². The van der Waals surface area contributed by atoms with E-state index in [1.807, 2.05) is 36.7 Å². The highest BCUT2D eigenvalue weighted by molar-refractivity contribution is 5.85. The van der Waals surface area contributed by atoms with Crippen LogP contribution in [0.4, 0.5) is 0 Å². The minimum atomic E-state index is 0. The third kappa shape index (κ3) is 5.47. The molecule has 0 aromatic rings. The first-order chi connectivity index (χ1) is 3.50. The third-order valence-corrected chi connectivity index (χ3v) is 0.718. The molecule has 0 unspecified atom stereocenters. The fraction of sp³-hybridized carbons (Fsp3) is 0. The van der Waals surface area contributed by atoms with Crippen molar-refractivity contribution in [2.45, 2.75) is 0 Å². The van der Waals surface area contributed by atoms with Gasteiger partial charge in [0, 0.05) is 12.4 Å². The highest BCUT2D eigenvalue weighted by atomic mass is 35.5. The molecule has 0 aromatic carbocycles. The Kier molecular flexibility index (Phi) is 9.63. The zero-order chi connectivity index (χ0) is 4.95. The Bertz CT molecular complexity index is 113. The van der Waals surface area contributed by atoms with Crippen molar-refractivity contribution in [3.63, 3.8) is 0 Å². The summed E-state index contributed by atoms with van der Waals surface area (Å²) in [6.45, 7) is 0. The molecule has 1 N–H and O–H groups in total. The summed E-state index contributed by atoms with van der Waals surface area (Å²) in [7, 11) is 0. The first-order valence-corrected chi connectivity index (χ1v) is 2.24. The highest BCUT2D eigenvalue weighted by Crippen LogP contribution is 1.81. The van der Waals surface area contributed by atoms with Crippen LogP contribution in [0.5, 0.6) is 0 Å². The van der Waals surface area contributed by atoms with E-state index in [0.717, 1.165) is 0 Å². The van der Waals surface area contributed by atoms with Crippen LogP contribution >= 0.6 is 24.8 Å². The van der Waals surface area contributed by atoms with Gasteiger partial charge in [0.1, 0.15) is 0 Å². The lowest BCUT2D eigenvalue weighted by Crippen LogP contribution is -1.87. The summed E-state index contributed by atoms with van der Waals surface area (Å²) in [4.78, 5) is 0. The molecule has 1 heterocycles. The second-order valence-electron chi connectivity index (χ2n) is 1.27. The van der Waals surface area contributed by atoms with Gasteiger partial charge in [-0.15, -0.1) is 24.8 Å². The molecule has 3 heteroatoms. The smallest absolute Gasteiger partial charge is 0.000442 e. The average molecular weight is 166 g/mol. The largest absolute Gasteiger partial charge is 0.368 e. The highest BCUT2D eigenvalue weighted by Gasteiger charge is 1.67. The monoisotopic (exact) mass is 165 g/mol. The molecule has 0 amide bonds. The van der Waals surface area contributed by atoms with Gasteiger partial charge in [-0.3, -0.25) is 0 Å². The fourth-order valence-electron chi connectivity index (χ4n) is 0.406. The summed E-state index contributed by atoms with van der Waals surface area (Å²) in [5.41, 5.74) is 0. The molecule has 1 aliphatic rings. The lowest BCUT2D eigenvalue weighted by atomic mass is 10.5. The standard InChI is InChI=1S/C6H7N.2ClH/c1-2-4-6-7-5-3-1;;/h1-7H;2*1H. The minimum Gasteiger partial charge on any atom is -0.368 e. The molecular weight excluding hydrogens is 157 g/mol. The van der Waals surface area contributed by atoms with Crippen LogP contribution in [-0.2, 0) is 0 Å². The van der Waals surface area contributed by atoms with Gasteiger partial charge in [-0.05, 0) is 12.2 Å². The Morgan fingerprint density at radius 1 is 0.667 bits per heavy atom. The van der Waals surface area contributed by atoms with E-state index >= 15 is 0 Å². The third-order valence-electron chi connectivity index (χ3n) is 0.718. The van der Waals surface area contributed by atoms with E-state index in [0.29, 0.717) is 0 Å². The van der Waals surface area contributed by atoms with Gasteiger partial charge in [0.25, 0.3) is 0 Å². The second kappa shape index (κ2) is 7.60. The van der Waals surface area contributed by atoms with Crippen molar-refractivity contribution in [1.82, 2.24) is 5.32 Å². The molecule has 0 spiro atoms. The van der Waals surface area contributed by atoms with Crippen molar-refractivity contribution in [2.24, 2.45) is 0 Å². The molecule has 0 aliphatic carbocycles. The fourth-order valence-corrected chi connectivity index (χ4v) is 0.406. The Hall–Kier alpha value is -0.400. The Morgan fingerprint density at radius 3 is 1.56 bits per heavy atom. The Balaban J connectivity index is 0. The number of hydrogen-bond acceptors (Lipinski definition) is 1.